The lowest BCUT2D eigenvalue weighted by Gasteiger charge is -2.35. The summed E-state index contributed by atoms with van der Waals surface area (Å²) in [6.45, 7) is 5.43. The molecule has 6 nitrogen and oxygen atoms in total. The van der Waals surface area contributed by atoms with Crippen LogP contribution >= 0.6 is 0 Å². The topological polar surface area (TPSA) is 79.5 Å². The number of carbonyl (C=O) groups is 1. The molecule has 0 amide bonds. The van der Waals surface area contributed by atoms with Crippen molar-refractivity contribution in [1.82, 2.24) is 15.0 Å². The molecule has 2 heterocycles. The van der Waals surface area contributed by atoms with E-state index >= 15 is 0 Å². The number of aryl methyl sites for hydroxylation is 1. The molecule has 1 aromatic heterocycles. The summed E-state index contributed by atoms with van der Waals surface area (Å²) in [6, 6.07) is 0.239. The second-order valence-corrected chi connectivity index (χ2v) is 4.84. The van der Waals surface area contributed by atoms with Gasteiger partial charge in [-0.25, -0.2) is 0 Å². The molecule has 0 aliphatic carbocycles. The second kappa shape index (κ2) is 5.48. The zero-order chi connectivity index (χ0) is 13.1. The average molecular weight is 253 g/mol. The normalized spacial score (nSPS) is 25.2. The lowest BCUT2D eigenvalue weighted by atomic mass is 9.92. The van der Waals surface area contributed by atoms with Crippen molar-refractivity contribution >= 4 is 5.97 Å². The zero-order valence-electron chi connectivity index (χ0n) is 10.8. The van der Waals surface area contributed by atoms with Crippen LogP contribution in [-0.4, -0.2) is 38.7 Å². The highest BCUT2D eigenvalue weighted by molar-refractivity contribution is 5.70. The smallest absolute Gasteiger partial charge is 0.306 e. The van der Waals surface area contributed by atoms with Crippen molar-refractivity contribution in [2.24, 2.45) is 5.92 Å². The van der Waals surface area contributed by atoms with E-state index in [0.717, 1.165) is 13.0 Å². The Hall–Kier alpha value is -1.43. The Morgan fingerprint density at radius 1 is 1.61 bits per heavy atom. The predicted molar refractivity (Wildman–Crippen MR) is 63.9 cm³/mol. The highest BCUT2D eigenvalue weighted by Gasteiger charge is 2.30. The van der Waals surface area contributed by atoms with Gasteiger partial charge in [-0.3, -0.25) is 9.69 Å². The van der Waals surface area contributed by atoms with Crippen LogP contribution < -0.4 is 0 Å². The molecular weight excluding hydrogens is 234 g/mol. The summed E-state index contributed by atoms with van der Waals surface area (Å²) in [7, 11) is 0. The monoisotopic (exact) mass is 253 g/mol. The van der Waals surface area contributed by atoms with Crippen molar-refractivity contribution in [3.63, 3.8) is 0 Å². The highest BCUT2D eigenvalue weighted by atomic mass is 16.5. The van der Waals surface area contributed by atoms with E-state index in [2.05, 4.69) is 22.0 Å². The van der Waals surface area contributed by atoms with Crippen LogP contribution in [-0.2, 0) is 17.8 Å². The number of hydrogen-bond donors (Lipinski definition) is 1. The number of aromatic nitrogens is 2. The molecular formula is C12H19N3O3. The Bertz CT molecular complexity index is 418. The van der Waals surface area contributed by atoms with Crippen LogP contribution in [0.4, 0.5) is 0 Å². The minimum absolute atomic E-state index is 0.215. The average Bonchev–Trinajstić information content (AvgIpc) is 2.79. The van der Waals surface area contributed by atoms with Gasteiger partial charge in [-0.2, -0.15) is 4.98 Å². The molecule has 0 bridgehead atoms. The third-order valence-corrected chi connectivity index (χ3v) is 3.52. The number of nitrogens with zero attached hydrogens (tertiary/aromatic N) is 3. The van der Waals surface area contributed by atoms with Crippen LogP contribution in [0.2, 0.25) is 0 Å². The molecule has 1 fully saturated rings. The Morgan fingerprint density at radius 3 is 2.94 bits per heavy atom. The van der Waals surface area contributed by atoms with Crippen molar-refractivity contribution in [3.05, 3.63) is 11.7 Å². The van der Waals surface area contributed by atoms with Crippen molar-refractivity contribution in [2.75, 3.05) is 6.54 Å². The fourth-order valence-electron chi connectivity index (χ4n) is 2.36. The SMILES string of the molecule is CCc1nc(CN2CCC(C(=O)O)CC2C)no1. The van der Waals surface area contributed by atoms with E-state index in [1.54, 1.807) is 0 Å². The van der Waals surface area contributed by atoms with Gasteiger partial charge in [0.25, 0.3) is 0 Å². The molecule has 0 spiro atoms. The first-order valence-electron chi connectivity index (χ1n) is 6.38. The maximum absolute atomic E-state index is 10.9. The predicted octanol–water partition coefficient (Wildman–Crippen LogP) is 1.32. The van der Waals surface area contributed by atoms with Gasteiger partial charge >= 0.3 is 5.97 Å². The molecule has 1 N–H and O–H groups in total. The first kappa shape index (κ1) is 13.0. The van der Waals surface area contributed by atoms with Crippen LogP contribution in [0.15, 0.2) is 4.52 Å². The first-order chi connectivity index (χ1) is 8.60. The fraction of sp³-hybridized carbons (Fsp3) is 0.750. The molecule has 1 aliphatic rings. The third-order valence-electron chi connectivity index (χ3n) is 3.52. The van der Waals surface area contributed by atoms with Crippen LogP contribution in [0.25, 0.3) is 0 Å². The molecule has 0 radical (unpaired) electrons. The molecule has 18 heavy (non-hydrogen) atoms. The van der Waals surface area contributed by atoms with E-state index in [4.69, 9.17) is 9.63 Å². The Labute approximate surface area is 106 Å². The minimum Gasteiger partial charge on any atom is -0.481 e. The molecule has 2 rings (SSSR count). The van der Waals surface area contributed by atoms with Crippen LogP contribution in [0.5, 0.6) is 0 Å². The van der Waals surface area contributed by atoms with Crippen LogP contribution in [0, 0.1) is 5.92 Å². The molecule has 0 saturated carbocycles. The van der Waals surface area contributed by atoms with Gasteiger partial charge in [-0.1, -0.05) is 12.1 Å². The van der Waals surface area contributed by atoms with Crippen molar-refractivity contribution in [2.45, 2.75) is 45.7 Å². The van der Waals surface area contributed by atoms with Crippen molar-refractivity contribution in [3.8, 4) is 0 Å². The van der Waals surface area contributed by atoms with Crippen LogP contribution in [0.3, 0.4) is 0 Å². The van der Waals surface area contributed by atoms with Crippen LogP contribution in [0.1, 0.15) is 38.4 Å². The maximum atomic E-state index is 10.9. The van der Waals surface area contributed by atoms with Gasteiger partial charge in [0.2, 0.25) is 5.89 Å². The number of carboxylic acid groups (broad SMARTS) is 1. The summed E-state index contributed by atoms with van der Waals surface area (Å²) >= 11 is 0. The van der Waals surface area contributed by atoms with Crippen molar-refractivity contribution in [1.29, 1.82) is 0 Å². The van der Waals surface area contributed by atoms with Gasteiger partial charge in [0.1, 0.15) is 0 Å². The molecule has 1 aliphatic heterocycles. The Balaban J connectivity index is 1.92. The number of likely N-dealkylation sites (tertiary alicyclic amines) is 1. The van der Waals surface area contributed by atoms with E-state index in [9.17, 15) is 4.79 Å². The Kier molecular flexibility index (Phi) is 3.96. The quantitative estimate of drug-likeness (QED) is 0.871. The largest absolute Gasteiger partial charge is 0.481 e. The second-order valence-electron chi connectivity index (χ2n) is 4.84. The van der Waals surface area contributed by atoms with E-state index in [0.29, 0.717) is 31.1 Å². The van der Waals surface area contributed by atoms with Gasteiger partial charge in [-0.15, -0.1) is 0 Å². The summed E-state index contributed by atoms with van der Waals surface area (Å²) < 4.78 is 5.07. The lowest BCUT2D eigenvalue weighted by Crippen LogP contribution is -2.42. The third kappa shape index (κ3) is 2.87. The van der Waals surface area contributed by atoms with Gasteiger partial charge in [-0.05, 0) is 26.3 Å². The molecule has 2 unspecified atom stereocenters. The molecule has 0 aromatic carbocycles. The van der Waals surface area contributed by atoms with Gasteiger partial charge in [0.15, 0.2) is 5.82 Å². The lowest BCUT2D eigenvalue weighted by molar-refractivity contribution is -0.144. The maximum Gasteiger partial charge on any atom is 0.306 e. The van der Waals surface area contributed by atoms with E-state index < -0.39 is 5.97 Å². The number of aliphatic carboxylic acids is 1. The molecule has 100 valence electrons. The fourth-order valence-corrected chi connectivity index (χ4v) is 2.36. The number of piperidine rings is 1. The summed E-state index contributed by atoms with van der Waals surface area (Å²) in [6.07, 6.45) is 2.12. The number of rotatable bonds is 4. The summed E-state index contributed by atoms with van der Waals surface area (Å²) in [5.74, 6) is 0.438. The molecule has 2 atom stereocenters. The molecule has 1 aromatic rings. The van der Waals surface area contributed by atoms with Gasteiger partial charge < -0.3 is 9.63 Å². The Morgan fingerprint density at radius 2 is 2.39 bits per heavy atom. The number of hydrogen-bond acceptors (Lipinski definition) is 5. The van der Waals surface area contributed by atoms with Crippen molar-refractivity contribution < 1.29 is 14.4 Å². The zero-order valence-corrected chi connectivity index (χ0v) is 10.8. The van der Waals surface area contributed by atoms with E-state index in [-0.39, 0.29) is 12.0 Å². The highest BCUT2D eigenvalue weighted by Crippen LogP contribution is 2.24. The van der Waals surface area contributed by atoms with E-state index in [1.807, 2.05) is 6.92 Å². The van der Waals surface area contributed by atoms with Gasteiger partial charge in [0.05, 0.1) is 12.5 Å². The summed E-state index contributed by atoms with van der Waals surface area (Å²) in [5.41, 5.74) is 0. The van der Waals surface area contributed by atoms with Gasteiger partial charge in [0, 0.05) is 12.5 Å². The number of carboxylic acids is 1. The summed E-state index contributed by atoms with van der Waals surface area (Å²) in [4.78, 5) is 17.4. The standard InChI is InChI=1S/C12H19N3O3/c1-3-11-13-10(14-18-11)7-15-5-4-9(12(16)17)6-8(15)2/h8-9H,3-7H2,1-2H3,(H,16,17). The minimum atomic E-state index is -0.686. The summed E-state index contributed by atoms with van der Waals surface area (Å²) in [5, 5.41) is 12.9. The molecule has 6 heteroatoms. The first-order valence-corrected chi connectivity index (χ1v) is 6.38. The van der Waals surface area contributed by atoms with E-state index in [1.165, 1.54) is 0 Å². The molecule has 1 saturated heterocycles.